The number of rotatable bonds is 3. The summed E-state index contributed by atoms with van der Waals surface area (Å²) in [7, 11) is 0. The molecule has 1 amide bonds. The normalized spacial score (nSPS) is 19.8. The van der Waals surface area contributed by atoms with Crippen LogP contribution in [0.5, 0.6) is 0 Å². The number of carbonyl (C=O) groups is 1. The number of aryl methyl sites for hydroxylation is 1. The quantitative estimate of drug-likeness (QED) is 0.584. The van der Waals surface area contributed by atoms with Crippen molar-refractivity contribution in [3.05, 3.63) is 53.9 Å². The number of hydrogen-bond donors (Lipinski definition) is 1. The van der Waals surface area contributed by atoms with E-state index in [0.29, 0.717) is 17.6 Å². The van der Waals surface area contributed by atoms with Gasteiger partial charge in [0.2, 0.25) is 5.82 Å². The zero-order valence-corrected chi connectivity index (χ0v) is 15.9. The molecule has 0 radical (unpaired) electrons. The minimum atomic E-state index is -0.604. The SMILES string of the molecule is Cc1cccc(-c2nc3n(c2-c2ccc4nnc(C(N)=O)n4c2)[C@H]2CC[C@@H]3C2)n1. The summed E-state index contributed by atoms with van der Waals surface area (Å²) in [5, 5.41) is 7.97. The Balaban J connectivity index is 1.63. The highest BCUT2D eigenvalue weighted by molar-refractivity contribution is 5.90. The summed E-state index contributed by atoms with van der Waals surface area (Å²) in [6.45, 7) is 1.99. The molecule has 8 nitrogen and oxygen atoms in total. The Morgan fingerprint density at radius 1 is 1.14 bits per heavy atom. The molecule has 5 heterocycles. The van der Waals surface area contributed by atoms with Crippen LogP contribution in [0.25, 0.3) is 28.3 Å². The van der Waals surface area contributed by atoms with Crippen molar-refractivity contribution in [3.8, 4) is 22.6 Å². The number of hydrogen-bond acceptors (Lipinski definition) is 5. The lowest BCUT2D eigenvalue weighted by atomic mass is 10.1. The van der Waals surface area contributed by atoms with Crippen molar-refractivity contribution in [3.63, 3.8) is 0 Å². The fraction of sp³-hybridized carbons (Fsp3) is 0.286. The smallest absolute Gasteiger partial charge is 0.287 e. The van der Waals surface area contributed by atoms with Crippen LogP contribution in [0.15, 0.2) is 36.5 Å². The lowest BCUT2D eigenvalue weighted by Gasteiger charge is -2.17. The van der Waals surface area contributed by atoms with Crippen LogP contribution in [0, 0.1) is 6.92 Å². The average Bonchev–Trinajstić information content (AvgIpc) is 3.46. The van der Waals surface area contributed by atoms with E-state index in [-0.39, 0.29) is 5.82 Å². The van der Waals surface area contributed by atoms with E-state index in [9.17, 15) is 4.79 Å². The molecule has 2 bridgehead atoms. The van der Waals surface area contributed by atoms with E-state index >= 15 is 0 Å². The van der Waals surface area contributed by atoms with E-state index < -0.39 is 5.91 Å². The van der Waals surface area contributed by atoms with Crippen molar-refractivity contribution >= 4 is 11.6 Å². The fourth-order valence-electron chi connectivity index (χ4n) is 4.86. The minimum Gasteiger partial charge on any atom is -0.363 e. The second kappa shape index (κ2) is 5.73. The topological polar surface area (TPSA) is 104 Å². The van der Waals surface area contributed by atoms with Gasteiger partial charge in [-0.15, -0.1) is 10.2 Å². The Kier molecular flexibility index (Phi) is 3.24. The third kappa shape index (κ3) is 2.28. The number of nitrogens with zero attached hydrogens (tertiary/aromatic N) is 6. The second-order valence-corrected chi connectivity index (χ2v) is 7.90. The zero-order valence-electron chi connectivity index (χ0n) is 15.9. The Bertz CT molecular complexity index is 1300. The molecule has 4 aromatic rings. The summed E-state index contributed by atoms with van der Waals surface area (Å²) in [4.78, 5) is 21.5. The van der Waals surface area contributed by atoms with Gasteiger partial charge in [0.05, 0.1) is 11.4 Å². The lowest BCUT2D eigenvalue weighted by Crippen LogP contribution is -2.15. The number of fused-ring (bicyclic) bond motifs is 6. The number of imidazole rings is 1. The monoisotopic (exact) mass is 385 g/mol. The standard InChI is InChI=1S/C21H19N7O/c1-11-3-2-4-15(23-11)17-18(28-14-7-5-12(9-14)20(28)24-17)13-6-8-16-25-26-21(19(22)29)27(16)10-13/h2-4,6,8,10,12,14H,5,7,9H2,1H3,(H2,22,29)/t12-,14+/m1/s1. The van der Waals surface area contributed by atoms with Crippen LogP contribution in [0.4, 0.5) is 0 Å². The van der Waals surface area contributed by atoms with E-state index in [0.717, 1.165) is 40.6 Å². The summed E-state index contributed by atoms with van der Waals surface area (Å²) in [5.74, 6) is 1.18. The Morgan fingerprint density at radius 3 is 2.86 bits per heavy atom. The summed E-state index contributed by atoms with van der Waals surface area (Å²) in [6, 6.07) is 10.3. The molecule has 2 atom stereocenters. The largest absolute Gasteiger partial charge is 0.363 e. The Labute approximate surface area is 166 Å². The highest BCUT2D eigenvalue weighted by Gasteiger charge is 2.41. The number of pyridine rings is 2. The molecule has 0 spiro atoms. The molecule has 4 aromatic heterocycles. The fourth-order valence-corrected chi connectivity index (χ4v) is 4.86. The summed E-state index contributed by atoms with van der Waals surface area (Å²) < 4.78 is 4.03. The van der Waals surface area contributed by atoms with E-state index in [1.54, 1.807) is 4.40 Å². The van der Waals surface area contributed by atoms with Gasteiger partial charge in [-0.3, -0.25) is 14.2 Å². The molecule has 29 heavy (non-hydrogen) atoms. The van der Waals surface area contributed by atoms with Crippen molar-refractivity contribution in [2.45, 2.75) is 38.1 Å². The highest BCUT2D eigenvalue weighted by Crippen LogP contribution is 2.52. The molecule has 1 fully saturated rings. The average molecular weight is 385 g/mol. The van der Waals surface area contributed by atoms with E-state index in [1.165, 1.54) is 12.8 Å². The summed E-state index contributed by atoms with van der Waals surface area (Å²) in [6.07, 6.45) is 5.39. The summed E-state index contributed by atoms with van der Waals surface area (Å²) >= 11 is 0. The second-order valence-electron chi connectivity index (χ2n) is 7.90. The van der Waals surface area contributed by atoms with E-state index in [2.05, 4.69) is 14.8 Å². The van der Waals surface area contributed by atoms with Crippen LogP contribution in [-0.4, -0.2) is 35.0 Å². The maximum absolute atomic E-state index is 11.8. The predicted octanol–water partition coefficient (Wildman–Crippen LogP) is 2.88. The van der Waals surface area contributed by atoms with Gasteiger partial charge < -0.3 is 10.3 Å². The number of aromatic nitrogens is 6. The van der Waals surface area contributed by atoms with Gasteiger partial charge in [-0.05, 0) is 50.5 Å². The first-order valence-corrected chi connectivity index (χ1v) is 9.81. The number of nitrogens with two attached hydrogens (primary N) is 1. The van der Waals surface area contributed by atoms with Crippen molar-refractivity contribution in [2.24, 2.45) is 5.73 Å². The summed E-state index contributed by atoms with van der Waals surface area (Å²) in [5.41, 5.74) is 10.7. The van der Waals surface area contributed by atoms with E-state index in [1.807, 2.05) is 43.5 Å². The van der Waals surface area contributed by atoms with E-state index in [4.69, 9.17) is 15.7 Å². The molecular formula is C21H19N7O. The Morgan fingerprint density at radius 2 is 2.03 bits per heavy atom. The van der Waals surface area contributed by atoms with Gasteiger partial charge in [0.15, 0.2) is 5.65 Å². The molecule has 1 aliphatic heterocycles. The first-order chi connectivity index (χ1) is 14.1. The molecule has 0 unspecified atom stereocenters. The van der Waals surface area contributed by atoms with Crippen molar-refractivity contribution in [1.82, 2.24) is 29.1 Å². The molecule has 0 saturated heterocycles. The maximum atomic E-state index is 11.8. The molecular weight excluding hydrogens is 366 g/mol. The molecule has 1 aliphatic carbocycles. The predicted molar refractivity (Wildman–Crippen MR) is 106 cm³/mol. The molecule has 1 saturated carbocycles. The minimum absolute atomic E-state index is 0.125. The van der Waals surface area contributed by atoms with Gasteiger partial charge in [-0.2, -0.15) is 0 Å². The molecule has 2 N–H and O–H groups in total. The van der Waals surface area contributed by atoms with Crippen LogP contribution in [0.3, 0.4) is 0 Å². The van der Waals surface area contributed by atoms with Crippen LogP contribution in [-0.2, 0) is 0 Å². The Hall–Kier alpha value is -3.55. The van der Waals surface area contributed by atoms with Gasteiger partial charge >= 0.3 is 0 Å². The first kappa shape index (κ1) is 16.4. The van der Waals surface area contributed by atoms with Crippen LogP contribution < -0.4 is 5.73 Å². The lowest BCUT2D eigenvalue weighted by molar-refractivity contribution is 0.0989. The third-order valence-corrected chi connectivity index (χ3v) is 6.10. The molecule has 144 valence electrons. The third-order valence-electron chi connectivity index (χ3n) is 6.10. The van der Waals surface area contributed by atoms with Crippen molar-refractivity contribution in [2.75, 3.05) is 0 Å². The van der Waals surface area contributed by atoms with Gasteiger partial charge in [0, 0.05) is 29.4 Å². The first-order valence-electron chi connectivity index (χ1n) is 9.81. The molecule has 2 aliphatic rings. The van der Waals surface area contributed by atoms with Crippen molar-refractivity contribution < 1.29 is 4.79 Å². The van der Waals surface area contributed by atoms with Crippen molar-refractivity contribution in [1.29, 1.82) is 0 Å². The van der Waals surface area contributed by atoms with Gasteiger partial charge in [0.1, 0.15) is 11.5 Å². The van der Waals surface area contributed by atoms with Gasteiger partial charge in [-0.1, -0.05) is 6.07 Å². The number of primary amides is 1. The van der Waals surface area contributed by atoms with Crippen LogP contribution in [0.2, 0.25) is 0 Å². The number of amides is 1. The number of carbonyl (C=O) groups excluding carboxylic acids is 1. The maximum Gasteiger partial charge on any atom is 0.287 e. The van der Waals surface area contributed by atoms with Crippen LogP contribution in [0.1, 0.15) is 53.4 Å². The molecule has 8 heteroatoms. The van der Waals surface area contributed by atoms with Gasteiger partial charge in [-0.25, -0.2) is 4.98 Å². The van der Waals surface area contributed by atoms with Gasteiger partial charge in [0.25, 0.3) is 5.91 Å². The zero-order chi connectivity index (χ0) is 19.7. The highest BCUT2D eigenvalue weighted by atomic mass is 16.1. The molecule has 6 rings (SSSR count). The van der Waals surface area contributed by atoms with Crippen LogP contribution >= 0.6 is 0 Å². The molecule has 0 aromatic carbocycles.